The Balaban J connectivity index is 0.000000782. The number of nitrogens with two attached hydrogens (primary N) is 2. The molecule has 0 aliphatic rings. The molecule has 2 aromatic carbocycles. The average molecular weight is 592 g/mol. The third kappa shape index (κ3) is 9.35. The van der Waals surface area contributed by atoms with Crippen LogP contribution in [0, 0.1) is 5.41 Å². The standard InChI is InChI=1S/C24H27N7O4.C2HF3O2/c1-13(2)30-22-23(33)31(12-20(32)28-10-14-3-5-15(6-4-14)21(26)27)19(11-29-22)16-7-17(24(34)35)9-18(25)8-16;3-2(4,5)1(6)7/h3-9,11,13H,10,12,25H2,1-2H3,(H3,26,27)(H,28,32)(H,29,30)(H,34,35);(H,6,7). The Hall–Kier alpha value is -5.41. The number of nitrogens with zero attached hydrogens (tertiary/aromatic N) is 2. The quantitative estimate of drug-likeness (QED) is 0.109. The number of nitrogens with one attached hydrogen (secondary N) is 3. The van der Waals surface area contributed by atoms with Crippen molar-refractivity contribution < 1.29 is 37.8 Å². The molecular weight excluding hydrogens is 563 g/mol. The lowest BCUT2D eigenvalue weighted by Gasteiger charge is -2.16. The summed E-state index contributed by atoms with van der Waals surface area (Å²) in [6.07, 6.45) is -3.68. The van der Waals surface area contributed by atoms with Gasteiger partial charge in [0.25, 0.3) is 5.56 Å². The van der Waals surface area contributed by atoms with Gasteiger partial charge in [-0.15, -0.1) is 0 Å². The first-order valence-electron chi connectivity index (χ1n) is 12.0. The van der Waals surface area contributed by atoms with Gasteiger partial charge in [-0.05, 0) is 37.6 Å². The molecule has 224 valence electrons. The number of amidine groups is 1. The summed E-state index contributed by atoms with van der Waals surface area (Å²) in [4.78, 5) is 50.6. The number of carboxylic acid groups (broad SMARTS) is 2. The van der Waals surface area contributed by atoms with Crippen molar-refractivity contribution in [3.05, 3.63) is 75.7 Å². The number of benzene rings is 2. The molecular formula is C26H28F3N7O6. The second-order valence-electron chi connectivity index (χ2n) is 9.02. The van der Waals surface area contributed by atoms with E-state index in [0.717, 1.165) is 5.56 Å². The number of nitrogen functional groups attached to an aromatic ring is 2. The minimum absolute atomic E-state index is 0.0522. The molecule has 1 amide bonds. The lowest BCUT2D eigenvalue weighted by molar-refractivity contribution is -0.192. The highest BCUT2D eigenvalue weighted by Crippen LogP contribution is 2.23. The van der Waals surface area contributed by atoms with Crippen LogP contribution in [0.3, 0.4) is 0 Å². The Morgan fingerprint density at radius 2 is 1.67 bits per heavy atom. The van der Waals surface area contributed by atoms with E-state index in [-0.39, 0.29) is 47.7 Å². The van der Waals surface area contributed by atoms with E-state index in [9.17, 15) is 32.7 Å². The smallest absolute Gasteiger partial charge is 0.478 e. The van der Waals surface area contributed by atoms with Crippen molar-refractivity contribution in [3.63, 3.8) is 0 Å². The van der Waals surface area contributed by atoms with E-state index in [1.54, 1.807) is 24.3 Å². The highest BCUT2D eigenvalue weighted by molar-refractivity contribution is 5.95. The Morgan fingerprint density at radius 1 is 1.07 bits per heavy atom. The number of rotatable bonds is 9. The molecule has 0 unspecified atom stereocenters. The first kappa shape index (κ1) is 32.8. The van der Waals surface area contributed by atoms with Crippen molar-refractivity contribution in [1.29, 1.82) is 5.41 Å². The minimum Gasteiger partial charge on any atom is -0.478 e. The fourth-order valence-electron chi connectivity index (χ4n) is 3.37. The molecule has 0 aliphatic heterocycles. The fourth-order valence-corrected chi connectivity index (χ4v) is 3.37. The van der Waals surface area contributed by atoms with Crippen molar-refractivity contribution in [3.8, 4) is 11.3 Å². The number of aliphatic carboxylic acids is 1. The molecule has 0 atom stereocenters. The number of aromatic carboxylic acids is 1. The Morgan fingerprint density at radius 3 is 2.17 bits per heavy atom. The third-order valence-electron chi connectivity index (χ3n) is 5.28. The van der Waals surface area contributed by atoms with Crippen molar-refractivity contribution in [2.45, 2.75) is 39.2 Å². The second kappa shape index (κ2) is 13.8. The van der Waals surface area contributed by atoms with Crippen LogP contribution in [-0.2, 0) is 22.7 Å². The molecule has 1 aromatic heterocycles. The minimum atomic E-state index is -5.08. The van der Waals surface area contributed by atoms with Gasteiger partial charge in [0.15, 0.2) is 5.82 Å². The molecule has 1 heterocycles. The van der Waals surface area contributed by atoms with E-state index >= 15 is 0 Å². The van der Waals surface area contributed by atoms with Crippen LogP contribution >= 0.6 is 0 Å². The summed E-state index contributed by atoms with van der Waals surface area (Å²) >= 11 is 0. The van der Waals surface area contributed by atoms with E-state index in [1.165, 1.54) is 29.0 Å². The predicted molar refractivity (Wildman–Crippen MR) is 147 cm³/mol. The van der Waals surface area contributed by atoms with Crippen LogP contribution in [0.25, 0.3) is 11.3 Å². The van der Waals surface area contributed by atoms with Gasteiger partial charge in [0.2, 0.25) is 5.91 Å². The first-order chi connectivity index (χ1) is 19.5. The van der Waals surface area contributed by atoms with Crippen LogP contribution in [0.15, 0.2) is 53.5 Å². The van der Waals surface area contributed by atoms with Crippen LogP contribution in [0.2, 0.25) is 0 Å². The van der Waals surface area contributed by atoms with E-state index in [0.29, 0.717) is 11.1 Å². The molecule has 0 spiro atoms. The maximum absolute atomic E-state index is 13.2. The summed E-state index contributed by atoms with van der Waals surface area (Å²) < 4.78 is 33.0. The Labute approximate surface area is 236 Å². The van der Waals surface area contributed by atoms with Crippen molar-refractivity contribution in [2.24, 2.45) is 5.73 Å². The first-order valence-corrected chi connectivity index (χ1v) is 12.0. The second-order valence-corrected chi connectivity index (χ2v) is 9.02. The molecule has 0 bridgehead atoms. The van der Waals surface area contributed by atoms with Gasteiger partial charge in [0, 0.05) is 29.4 Å². The van der Waals surface area contributed by atoms with Gasteiger partial charge in [0.1, 0.15) is 12.4 Å². The molecule has 0 aliphatic carbocycles. The molecule has 0 saturated heterocycles. The summed E-state index contributed by atoms with van der Waals surface area (Å²) in [6.45, 7) is 3.57. The summed E-state index contributed by atoms with van der Waals surface area (Å²) in [5, 5.41) is 29.7. The zero-order valence-corrected chi connectivity index (χ0v) is 22.3. The highest BCUT2D eigenvalue weighted by Gasteiger charge is 2.38. The number of amides is 1. The maximum atomic E-state index is 13.2. The SMILES string of the molecule is CC(C)Nc1ncc(-c2cc(N)cc(C(=O)O)c2)n(CC(=O)NCc2ccc(C(=N)N)cc2)c1=O.O=C(O)C(F)(F)F. The maximum Gasteiger partial charge on any atom is 0.490 e. The predicted octanol–water partition coefficient (Wildman–Crippen LogP) is 2.24. The topological polar surface area (TPSA) is 227 Å². The van der Waals surface area contributed by atoms with Gasteiger partial charge in [-0.25, -0.2) is 14.6 Å². The van der Waals surface area contributed by atoms with Crippen molar-refractivity contribution in [1.82, 2.24) is 14.9 Å². The van der Waals surface area contributed by atoms with Crippen molar-refractivity contribution in [2.75, 3.05) is 11.1 Å². The number of halogens is 3. The van der Waals surface area contributed by atoms with Gasteiger partial charge < -0.3 is 32.3 Å². The fraction of sp³-hybridized carbons (Fsp3) is 0.231. The molecule has 3 rings (SSSR count). The molecule has 9 N–H and O–H groups in total. The molecule has 0 saturated carbocycles. The molecule has 0 radical (unpaired) electrons. The molecule has 16 heteroatoms. The lowest BCUT2D eigenvalue weighted by atomic mass is 10.1. The third-order valence-corrected chi connectivity index (χ3v) is 5.28. The van der Waals surface area contributed by atoms with Crippen LogP contribution < -0.4 is 27.7 Å². The summed E-state index contributed by atoms with van der Waals surface area (Å²) in [5.41, 5.74) is 12.9. The van der Waals surface area contributed by atoms with Crippen LogP contribution in [0.1, 0.15) is 35.3 Å². The van der Waals surface area contributed by atoms with Gasteiger partial charge in [-0.3, -0.25) is 19.6 Å². The lowest BCUT2D eigenvalue weighted by Crippen LogP contribution is -2.35. The number of anilines is 2. The van der Waals surface area contributed by atoms with E-state index in [1.807, 2.05) is 13.8 Å². The highest BCUT2D eigenvalue weighted by atomic mass is 19.4. The number of hydrogen-bond acceptors (Lipinski definition) is 8. The van der Waals surface area contributed by atoms with Gasteiger partial charge in [0.05, 0.1) is 17.5 Å². The summed E-state index contributed by atoms with van der Waals surface area (Å²) in [7, 11) is 0. The Bertz CT molecular complexity index is 1540. The number of alkyl halides is 3. The molecule has 42 heavy (non-hydrogen) atoms. The number of hydrogen-bond donors (Lipinski definition) is 7. The van der Waals surface area contributed by atoms with E-state index < -0.39 is 29.6 Å². The van der Waals surface area contributed by atoms with Gasteiger partial charge >= 0.3 is 18.1 Å². The summed E-state index contributed by atoms with van der Waals surface area (Å²) in [5.74, 6) is -4.35. The van der Waals surface area contributed by atoms with E-state index in [2.05, 4.69) is 15.6 Å². The van der Waals surface area contributed by atoms with E-state index in [4.69, 9.17) is 26.8 Å². The number of carbonyl (C=O) groups is 3. The van der Waals surface area contributed by atoms with Crippen LogP contribution in [0.4, 0.5) is 24.7 Å². The normalized spacial score (nSPS) is 10.8. The zero-order chi connectivity index (χ0) is 31.8. The van der Waals surface area contributed by atoms with Crippen LogP contribution in [-0.4, -0.2) is 55.7 Å². The number of carboxylic acids is 2. The van der Waals surface area contributed by atoms with Gasteiger partial charge in [-0.1, -0.05) is 24.3 Å². The zero-order valence-electron chi connectivity index (χ0n) is 22.3. The number of carbonyl (C=O) groups excluding carboxylic acids is 1. The Kier molecular flexibility index (Phi) is 10.8. The molecule has 3 aromatic rings. The summed E-state index contributed by atoms with van der Waals surface area (Å²) in [6, 6.07) is 11.0. The molecule has 13 nitrogen and oxygen atoms in total. The monoisotopic (exact) mass is 591 g/mol. The van der Waals surface area contributed by atoms with Gasteiger partial charge in [-0.2, -0.15) is 13.2 Å². The molecule has 0 fully saturated rings. The average Bonchev–Trinajstić information content (AvgIpc) is 2.89. The number of aromatic nitrogens is 2. The van der Waals surface area contributed by atoms with Crippen molar-refractivity contribution >= 4 is 35.2 Å². The largest absolute Gasteiger partial charge is 0.490 e. The van der Waals surface area contributed by atoms with Crippen LogP contribution in [0.5, 0.6) is 0 Å².